The van der Waals surface area contributed by atoms with Gasteiger partial charge in [-0.3, -0.25) is 4.90 Å². The third kappa shape index (κ3) is 4.89. The molecule has 1 fully saturated rings. The summed E-state index contributed by atoms with van der Waals surface area (Å²) in [6.45, 7) is 13.3. The van der Waals surface area contributed by atoms with Gasteiger partial charge in [-0.25, -0.2) is 0 Å². The molecule has 2 nitrogen and oxygen atoms in total. The van der Waals surface area contributed by atoms with Crippen LogP contribution in [0.15, 0.2) is 0 Å². The molecule has 0 spiro atoms. The number of hydrogen-bond donors (Lipinski definition) is 1. The van der Waals surface area contributed by atoms with Crippen LogP contribution in [0, 0.1) is 11.3 Å². The molecule has 108 valence electrons. The Morgan fingerprint density at radius 3 is 2.50 bits per heavy atom. The summed E-state index contributed by atoms with van der Waals surface area (Å²) < 4.78 is 0. The molecule has 0 aromatic carbocycles. The lowest BCUT2D eigenvalue weighted by Crippen LogP contribution is -2.42. The van der Waals surface area contributed by atoms with E-state index in [-0.39, 0.29) is 0 Å². The Bertz CT molecular complexity index is 214. The second-order valence-electron chi connectivity index (χ2n) is 7.03. The number of nitrogens with one attached hydrogen (secondary N) is 1. The van der Waals surface area contributed by atoms with Crippen molar-refractivity contribution in [2.45, 2.75) is 65.8 Å². The van der Waals surface area contributed by atoms with E-state index in [9.17, 15) is 0 Å². The maximum atomic E-state index is 3.37. The van der Waals surface area contributed by atoms with E-state index in [1.807, 2.05) is 0 Å². The Morgan fingerprint density at radius 2 is 1.94 bits per heavy atom. The molecule has 1 heterocycles. The molecule has 2 unspecified atom stereocenters. The summed E-state index contributed by atoms with van der Waals surface area (Å²) in [6, 6.07) is 0.749. The fraction of sp³-hybridized carbons (Fsp3) is 1.00. The van der Waals surface area contributed by atoms with Crippen molar-refractivity contribution < 1.29 is 0 Å². The minimum Gasteiger partial charge on any atom is -0.318 e. The van der Waals surface area contributed by atoms with Crippen molar-refractivity contribution in [1.82, 2.24) is 10.2 Å². The van der Waals surface area contributed by atoms with Gasteiger partial charge in [0.05, 0.1) is 0 Å². The van der Waals surface area contributed by atoms with Crippen molar-refractivity contribution >= 4 is 0 Å². The van der Waals surface area contributed by atoms with Gasteiger partial charge in [0.1, 0.15) is 0 Å². The minimum atomic E-state index is 0.485. The molecule has 1 N–H and O–H groups in total. The smallest absolute Gasteiger partial charge is 0.0220 e. The van der Waals surface area contributed by atoms with Crippen molar-refractivity contribution in [1.29, 1.82) is 0 Å². The van der Waals surface area contributed by atoms with Crippen LogP contribution in [0.4, 0.5) is 0 Å². The minimum absolute atomic E-state index is 0.485. The van der Waals surface area contributed by atoms with Crippen LogP contribution in [-0.2, 0) is 0 Å². The van der Waals surface area contributed by atoms with E-state index < -0.39 is 0 Å². The molecular formula is C16H34N2. The van der Waals surface area contributed by atoms with Crippen LogP contribution in [0.1, 0.15) is 59.8 Å². The van der Waals surface area contributed by atoms with Gasteiger partial charge in [0.2, 0.25) is 0 Å². The summed E-state index contributed by atoms with van der Waals surface area (Å²) in [5, 5.41) is 3.37. The lowest BCUT2D eigenvalue weighted by molar-refractivity contribution is 0.173. The Hall–Kier alpha value is -0.0800. The number of likely N-dealkylation sites (tertiary alicyclic amines) is 1. The molecule has 0 radical (unpaired) electrons. The first-order valence-electron chi connectivity index (χ1n) is 7.87. The first-order valence-corrected chi connectivity index (χ1v) is 7.87. The molecule has 0 saturated carbocycles. The molecule has 0 aromatic heterocycles. The van der Waals surface area contributed by atoms with E-state index in [2.05, 4.69) is 45.0 Å². The van der Waals surface area contributed by atoms with E-state index in [1.165, 1.54) is 45.2 Å². The van der Waals surface area contributed by atoms with Gasteiger partial charge in [0, 0.05) is 12.6 Å². The van der Waals surface area contributed by atoms with Crippen LogP contribution in [0.25, 0.3) is 0 Å². The third-order valence-electron chi connectivity index (χ3n) is 4.57. The second-order valence-corrected chi connectivity index (χ2v) is 7.03. The normalized spacial score (nSPS) is 24.8. The number of rotatable bonds is 5. The molecule has 1 saturated heterocycles. The number of nitrogens with zero attached hydrogens (tertiary/aromatic N) is 1. The molecule has 0 amide bonds. The third-order valence-corrected chi connectivity index (χ3v) is 4.57. The molecule has 18 heavy (non-hydrogen) atoms. The zero-order valence-electron chi connectivity index (χ0n) is 13.3. The van der Waals surface area contributed by atoms with Crippen LogP contribution in [-0.4, -0.2) is 37.6 Å². The Labute approximate surface area is 115 Å². The van der Waals surface area contributed by atoms with Gasteiger partial charge >= 0.3 is 0 Å². The average Bonchev–Trinajstić information content (AvgIpc) is 2.53. The van der Waals surface area contributed by atoms with E-state index >= 15 is 0 Å². The molecule has 2 atom stereocenters. The summed E-state index contributed by atoms with van der Waals surface area (Å²) in [6.07, 6.45) is 6.81. The van der Waals surface area contributed by atoms with E-state index in [0.717, 1.165) is 18.5 Å². The van der Waals surface area contributed by atoms with Crippen LogP contribution in [0.3, 0.4) is 0 Å². The number of likely N-dealkylation sites (N-methyl/N-ethyl adjacent to an activating group) is 1. The average molecular weight is 254 g/mol. The van der Waals surface area contributed by atoms with Crippen molar-refractivity contribution in [3.63, 3.8) is 0 Å². The maximum absolute atomic E-state index is 3.37. The first-order chi connectivity index (χ1) is 8.49. The Morgan fingerprint density at radius 1 is 1.22 bits per heavy atom. The van der Waals surface area contributed by atoms with E-state index in [1.54, 1.807) is 0 Å². The monoisotopic (exact) mass is 254 g/mol. The van der Waals surface area contributed by atoms with Crippen LogP contribution in [0.5, 0.6) is 0 Å². The Balaban J connectivity index is 2.53. The molecule has 0 bridgehead atoms. The van der Waals surface area contributed by atoms with Gasteiger partial charge in [-0.1, -0.05) is 34.1 Å². The van der Waals surface area contributed by atoms with Crippen molar-refractivity contribution in [2.75, 3.05) is 26.7 Å². The van der Waals surface area contributed by atoms with Gasteiger partial charge in [0.15, 0.2) is 0 Å². The molecule has 1 aliphatic heterocycles. The quantitative estimate of drug-likeness (QED) is 0.807. The highest BCUT2D eigenvalue weighted by molar-refractivity contribution is 4.82. The lowest BCUT2D eigenvalue weighted by atomic mass is 9.77. The molecular weight excluding hydrogens is 220 g/mol. The topological polar surface area (TPSA) is 15.3 Å². The summed E-state index contributed by atoms with van der Waals surface area (Å²) in [7, 11) is 2.08. The molecule has 0 aliphatic carbocycles. The fourth-order valence-corrected chi connectivity index (χ4v) is 3.33. The van der Waals surface area contributed by atoms with Crippen molar-refractivity contribution in [3.8, 4) is 0 Å². The Kier molecular flexibility index (Phi) is 6.65. The van der Waals surface area contributed by atoms with Crippen LogP contribution in [0.2, 0.25) is 0 Å². The highest BCUT2D eigenvalue weighted by Gasteiger charge is 2.28. The fourth-order valence-electron chi connectivity index (χ4n) is 3.33. The maximum Gasteiger partial charge on any atom is 0.0220 e. The van der Waals surface area contributed by atoms with Crippen LogP contribution >= 0.6 is 0 Å². The predicted octanol–water partition coefficient (Wildman–Crippen LogP) is 3.52. The summed E-state index contributed by atoms with van der Waals surface area (Å²) in [4.78, 5) is 2.74. The van der Waals surface area contributed by atoms with Gasteiger partial charge < -0.3 is 5.32 Å². The zero-order valence-corrected chi connectivity index (χ0v) is 13.3. The van der Waals surface area contributed by atoms with E-state index in [0.29, 0.717) is 5.41 Å². The van der Waals surface area contributed by atoms with Gasteiger partial charge in [-0.2, -0.15) is 0 Å². The summed E-state index contributed by atoms with van der Waals surface area (Å²) >= 11 is 0. The molecule has 2 heteroatoms. The highest BCUT2D eigenvalue weighted by atomic mass is 15.2. The molecule has 1 aliphatic rings. The number of hydrogen-bond acceptors (Lipinski definition) is 2. The highest BCUT2D eigenvalue weighted by Crippen LogP contribution is 2.34. The predicted molar refractivity (Wildman–Crippen MR) is 81.0 cm³/mol. The van der Waals surface area contributed by atoms with E-state index in [4.69, 9.17) is 0 Å². The molecule has 0 aromatic rings. The second kappa shape index (κ2) is 7.49. The first kappa shape index (κ1) is 16.0. The largest absolute Gasteiger partial charge is 0.318 e. The van der Waals surface area contributed by atoms with Crippen LogP contribution < -0.4 is 5.32 Å². The summed E-state index contributed by atoms with van der Waals surface area (Å²) in [5.74, 6) is 0.902. The zero-order chi connectivity index (χ0) is 13.6. The summed E-state index contributed by atoms with van der Waals surface area (Å²) in [5.41, 5.74) is 0.485. The lowest BCUT2D eigenvalue weighted by Gasteiger charge is -2.32. The molecule has 1 rings (SSSR count). The van der Waals surface area contributed by atoms with Crippen molar-refractivity contribution in [2.24, 2.45) is 11.3 Å². The standard InChI is InChI=1S/C16H34N2/c1-6-8-15(13-17-5)18-11-7-9-14(10-12-18)16(2,3)4/h14-15,17H,6-13H2,1-5H3. The van der Waals surface area contributed by atoms with Gasteiger partial charge in [0.25, 0.3) is 0 Å². The SMILES string of the molecule is CCCC(CNC)N1CCCC(C(C)(C)C)CC1. The van der Waals surface area contributed by atoms with Gasteiger partial charge in [-0.05, 0) is 57.2 Å². The van der Waals surface area contributed by atoms with Crippen molar-refractivity contribution in [3.05, 3.63) is 0 Å². The van der Waals surface area contributed by atoms with Gasteiger partial charge in [-0.15, -0.1) is 0 Å².